The van der Waals surface area contributed by atoms with Crippen LogP contribution in [-0.4, -0.2) is 17.1 Å². The van der Waals surface area contributed by atoms with E-state index in [1.807, 2.05) is 12.1 Å². The SMILES string of the molecule is CCCCc1ccc(C#Cc2ncc(OC)cn2)cc1. The Morgan fingerprint density at radius 1 is 1.05 bits per heavy atom. The van der Waals surface area contributed by atoms with Crippen LogP contribution in [0.3, 0.4) is 0 Å². The monoisotopic (exact) mass is 266 g/mol. The van der Waals surface area contributed by atoms with Gasteiger partial charge >= 0.3 is 0 Å². The van der Waals surface area contributed by atoms with Crippen LogP contribution in [-0.2, 0) is 6.42 Å². The summed E-state index contributed by atoms with van der Waals surface area (Å²) in [5.41, 5.74) is 2.34. The molecule has 1 heterocycles. The van der Waals surface area contributed by atoms with Crippen molar-refractivity contribution in [2.45, 2.75) is 26.2 Å². The molecule has 0 aliphatic heterocycles. The van der Waals surface area contributed by atoms with Crippen molar-refractivity contribution in [2.24, 2.45) is 0 Å². The van der Waals surface area contributed by atoms with Crippen LogP contribution >= 0.6 is 0 Å². The highest BCUT2D eigenvalue weighted by atomic mass is 16.5. The van der Waals surface area contributed by atoms with Crippen LogP contribution in [0.15, 0.2) is 36.7 Å². The number of unbranched alkanes of at least 4 members (excludes halogenated alkanes) is 1. The Morgan fingerprint density at radius 3 is 2.35 bits per heavy atom. The number of benzene rings is 1. The van der Waals surface area contributed by atoms with Crippen molar-refractivity contribution >= 4 is 0 Å². The second-order valence-electron chi connectivity index (χ2n) is 4.50. The first-order chi connectivity index (χ1) is 9.81. The predicted molar refractivity (Wildman–Crippen MR) is 79.6 cm³/mol. The molecule has 3 nitrogen and oxygen atoms in total. The normalized spacial score (nSPS) is 9.70. The maximum Gasteiger partial charge on any atom is 0.205 e. The molecular weight excluding hydrogens is 248 g/mol. The van der Waals surface area contributed by atoms with Gasteiger partial charge in [0.2, 0.25) is 5.82 Å². The molecule has 0 fully saturated rings. The minimum absolute atomic E-state index is 0.501. The zero-order chi connectivity index (χ0) is 14.2. The first kappa shape index (κ1) is 14.1. The van der Waals surface area contributed by atoms with Crippen LogP contribution < -0.4 is 4.74 Å². The molecule has 3 heteroatoms. The van der Waals surface area contributed by atoms with Crippen molar-refractivity contribution < 1.29 is 4.74 Å². The summed E-state index contributed by atoms with van der Waals surface area (Å²) >= 11 is 0. The first-order valence-electron chi connectivity index (χ1n) is 6.79. The van der Waals surface area contributed by atoms with Gasteiger partial charge in [-0.1, -0.05) is 31.4 Å². The number of rotatable bonds is 4. The van der Waals surface area contributed by atoms with Crippen molar-refractivity contribution in [3.63, 3.8) is 0 Å². The molecule has 1 aromatic carbocycles. The number of hydrogen-bond acceptors (Lipinski definition) is 3. The molecule has 2 aromatic rings. The third-order valence-corrected chi connectivity index (χ3v) is 2.96. The van der Waals surface area contributed by atoms with Gasteiger partial charge in [0, 0.05) is 5.56 Å². The molecule has 0 atom stereocenters. The Labute approximate surface area is 120 Å². The first-order valence-corrected chi connectivity index (χ1v) is 6.79. The highest BCUT2D eigenvalue weighted by Gasteiger charge is 1.94. The van der Waals surface area contributed by atoms with Crippen LogP contribution in [0.5, 0.6) is 5.75 Å². The molecular formula is C17H18N2O. The van der Waals surface area contributed by atoms with Gasteiger partial charge in [-0.15, -0.1) is 0 Å². The minimum atomic E-state index is 0.501. The van der Waals surface area contributed by atoms with Gasteiger partial charge in [-0.25, -0.2) is 9.97 Å². The fourth-order valence-corrected chi connectivity index (χ4v) is 1.75. The van der Waals surface area contributed by atoms with E-state index in [1.54, 1.807) is 19.5 Å². The molecule has 0 radical (unpaired) electrons. The summed E-state index contributed by atoms with van der Waals surface area (Å²) in [5.74, 6) is 7.15. The molecule has 0 aliphatic carbocycles. The summed E-state index contributed by atoms with van der Waals surface area (Å²) in [5, 5.41) is 0. The molecule has 0 spiro atoms. The zero-order valence-corrected chi connectivity index (χ0v) is 11.9. The molecule has 1 aromatic heterocycles. The van der Waals surface area contributed by atoms with E-state index in [0.717, 1.165) is 12.0 Å². The second-order valence-corrected chi connectivity index (χ2v) is 4.50. The van der Waals surface area contributed by atoms with E-state index >= 15 is 0 Å². The molecule has 0 aliphatic rings. The molecule has 0 saturated heterocycles. The van der Waals surface area contributed by atoms with E-state index in [4.69, 9.17) is 4.74 Å². The Balaban J connectivity index is 2.04. The number of aromatic nitrogens is 2. The lowest BCUT2D eigenvalue weighted by Crippen LogP contribution is -1.90. The topological polar surface area (TPSA) is 35.0 Å². The number of methoxy groups -OCH3 is 1. The molecule has 0 unspecified atom stereocenters. The van der Waals surface area contributed by atoms with Crippen molar-refractivity contribution in [3.8, 4) is 17.6 Å². The lowest BCUT2D eigenvalue weighted by atomic mass is 10.1. The summed E-state index contributed by atoms with van der Waals surface area (Å²) in [4.78, 5) is 8.23. The number of nitrogens with zero attached hydrogens (tertiary/aromatic N) is 2. The third kappa shape index (κ3) is 4.10. The standard InChI is InChI=1S/C17H18N2O/c1-3-4-5-14-6-8-15(9-7-14)10-11-17-18-12-16(20-2)13-19-17/h6-9,12-13H,3-5H2,1-2H3. The zero-order valence-electron chi connectivity index (χ0n) is 11.9. The van der Waals surface area contributed by atoms with Gasteiger partial charge < -0.3 is 4.74 Å². The number of hydrogen-bond donors (Lipinski definition) is 0. The van der Waals surface area contributed by atoms with E-state index in [1.165, 1.54) is 18.4 Å². The van der Waals surface area contributed by atoms with E-state index in [-0.39, 0.29) is 0 Å². The summed E-state index contributed by atoms with van der Waals surface area (Å²) < 4.78 is 5.00. The predicted octanol–water partition coefficient (Wildman–Crippen LogP) is 3.23. The van der Waals surface area contributed by atoms with Gasteiger partial charge in [-0.2, -0.15) is 0 Å². The smallest absolute Gasteiger partial charge is 0.205 e. The van der Waals surface area contributed by atoms with Gasteiger partial charge in [0.15, 0.2) is 5.75 Å². The maximum atomic E-state index is 5.00. The van der Waals surface area contributed by atoms with Gasteiger partial charge in [0.25, 0.3) is 0 Å². The molecule has 0 bridgehead atoms. The van der Waals surface area contributed by atoms with Gasteiger partial charge in [-0.3, -0.25) is 0 Å². The molecule has 102 valence electrons. The molecule has 0 N–H and O–H groups in total. The lowest BCUT2D eigenvalue weighted by molar-refractivity contribution is 0.410. The summed E-state index contributed by atoms with van der Waals surface area (Å²) in [6.45, 7) is 2.20. The Hall–Kier alpha value is -2.34. The van der Waals surface area contributed by atoms with E-state index in [9.17, 15) is 0 Å². The maximum absolute atomic E-state index is 5.00. The average Bonchev–Trinajstić information content (AvgIpc) is 2.52. The third-order valence-electron chi connectivity index (χ3n) is 2.96. The quantitative estimate of drug-likeness (QED) is 0.797. The summed E-state index contributed by atoms with van der Waals surface area (Å²) in [7, 11) is 1.59. The van der Waals surface area contributed by atoms with Gasteiger partial charge in [0.05, 0.1) is 19.5 Å². The average molecular weight is 266 g/mol. The van der Waals surface area contributed by atoms with Crippen LogP contribution in [0, 0.1) is 11.8 Å². The fraction of sp³-hybridized carbons (Fsp3) is 0.294. The van der Waals surface area contributed by atoms with Crippen molar-refractivity contribution in [1.82, 2.24) is 9.97 Å². The van der Waals surface area contributed by atoms with Crippen molar-refractivity contribution in [2.75, 3.05) is 7.11 Å². The molecule has 2 rings (SSSR count). The lowest BCUT2D eigenvalue weighted by Gasteiger charge is -1.99. The van der Waals surface area contributed by atoms with Crippen molar-refractivity contribution in [1.29, 1.82) is 0 Å². The largest absolute Gasteiger partial charge is 0.494 e. The minimum Gasteiger partial charge on any atom is -0.494 e. The van der Waals surface area contributed by atoms with Crippen LogP contribution in [0.1, 0.15) is 36.7 Å². The molecule has 0 amide bonds. The van der Waals surface area contributed by atoms with Crippen molar-refractivity contribution in [3.05, 3.63) is 53.6 Å². The Kier molecular flexibility index (Phi) is 5.14. The second kappa shape index (κ2) is 7.30. The number of aryl methyl sites for hydroxylation is 1. The Morgan fingerprint density at radius 2 is 1.75 bits per heavy atom. The summed E-state index contributed by atoms with van der Waals surface area (Å²) in [6, 6.07) is 8.35. The Bertz CT molecular complexity index is 592. The van der Waals surface area contributed by atoms with E-state index in [2.05, 4.69) is 40.9 Å². The van der Waals surface area contributed by atoms with Gasteiger partial charge in [0.1, 0.15) is 0 Å². The highest BCUT2D eigenvalue weighted by molar-refractivity contribution is 5.39. The van der Waals surface area contributed by atoms with Crippen LogP contribution in [0.4, 0.5) is 0 Å². The fourth-order valence-electron chi connectivity index (χ4n) is 1.75. The van der Waals surface area contributed by atoms with E-state index < -0.39 is 0 Å². The van der Waals surface area contributed by atoms with Crippen LogP contribution in [0.25, 0.3) is 0 Å². The molecule has 0 saturated carbocycles. The number of ether oxygens (including phenoxy) is 1. The summed E-state index contributed by atoms with van der Waals surface area (Å²) in [6.07, 6.45) is 6.81. The highest BCUT2D eigenvalue weighted by Crippen LogP contribution is 2.07. The van der Waals surface area contributed by atoms with Gasteiger partial charge in [-0.05, 0) is 36.5 Å². The molecule has 20 heavy (non-hydrogen) atoms. The van der Waals surface area contributed by atoms with Crippen LogP contribution in [0.2, 0.25) is 0 Å². The van der Waals surface area contributed by atoms with E-state index in [0.29, 0.717) is 11.6 Å².